The third kappa shape index (κ3) is 2.56. The molecule has 0 aliphatic carbocycles. The molecular weight excluding hydrogens is 262 g/mol. The molecule has 0 amide bonds. The number of rotatable bonds is 3. The molecule has 1 aromatic carbocycles. The normalized spacial score (nSPS) is 21.1. The van der Waals surface area contributed by atoms with Gasteiger partial charge < -0.3 is 15.0 Å². The number of nitrogens with zero attached hydrogens (tertiary/aromatic N) is 2. The highest BCUT2D eigenvalue weighted by molar-refractivity contribution is 5.63. The molecule has 2 heterocycles. The van der Waals surface area contributed by atoms with Crippen LogP contribution in [0.2, 0.25) is 0 Å². The van der Waals surface area contributed by atoms with E-state index in [0.717, 1.165) is 35.8 Å². The van der Waals surface area contributed by atoms with Gasteiger partial charge in [0.25, 0.3) is 0 Å². The van der Waals surface area contributed by atoms with Crippen molar-refractivity contribution in [1.82, 2.24) is 9.55 Å². The highest BCUT2D eigenvalue weighted by Crippen LogP contribution is 2.33. The Labute approximate surface area is 125 Å². The molecule has 0 fully saturated rings. The molecule has 0 saturated carbocycles. The Morgan fingerprint density at radius 1 is 1.33 bits per heavy atom. The fourth-order valence-corrected chi connectivity index (χ4v) is 3.14. The van der Waals surface area contributed by atoms with Crippen molar-refractivity contribution in [3.8, 4) is 17.0 Å². The van der Waals surface area contributed by atoms with Crippen molar-refractivity contribution >= 4 is 0 Å². The van der Waals surface area contributed by atoms with Crippen molar-refractivity contribution in [2.45, 2.75) is 39.8 Å². The Hall–Kier alpha value is -1.81. The van der Waals surface area contributed by atoms with E-state index >= 15 is 0 Å². The van der Waals surface area contributed by atoms with Crippen LogP contribution < -0.4 is 10.5 Å². The maximum atomic E-state index is 6.26. The van der Waals surface area contributed by atoms with Crippen LogP contribution in [0.5, 0.6) is 5.75 Å². The summed E-state index contributed by atoms with van der Waals surface area (Å²) in [7, 11) is 0. The molecule has 1 aliphatic rings. The van der Waals surface area contributed by atoms with E-state index < -0.39 is 0 Å². The lowest BCUT2D eigenvalue weighted by Crippen LogP contribution is -2.27. The van der Waals surface area contributed by atoms with Gasteiger partial charge in [-0.05, 0) is 50.5 Å². The summed E-state index contributed by atoms with van der Waals surface area (Å²) >= 11 is 0. The Kier molecular flexibility index (Phi) is 3.72. The molecule has 1 aromatic heterocycles. The molecule has 0 spiro atoms. The number of imidazole rings is 1. The molecule has 21 heavy (non-hydrogen) atoms. The second-order valence-corrected chi connectivity index (χ2v) is 5.92. The van der Waals surface area contributed by atoms with Gasteiger partial charge in [-0.3, -0.25) is 0 Å². The lowest BCUT2D eigenvalue weighted by atomic mass is 9.98. The molecule has 2 aromatic rings. The lowest BCUT2D eigenvalue weighted by molar-refractivity contribution is 0.340. The smallest absolute Gasteiger partial charge is 0.126 e. The molecule has 1 aliphatic heterocycles. The van der Waals surface area contributed by atoms with Crippen LogP contribution in [0.4, 0.5) is 0 Å². The van der Waals surface area contributed by atoms with E-state index in [1.54, 1.807) is 0 Å². The summed E-state index contributed by atoms with van der Waals surface area (Å²) in [6.45, 7) is 8.07. The number of aromatic nitrogens is 2. The number of hydrogen-bond donors (Lipinski definition) is 1. The van der Waals surface area contributed by atoms with Gasteiger partial charge >= 0.3 is 0 Å². The SMILES string of the molecule is CCOc1ccc(-c2nc3n(c2C)CC(C)CC3N)cc1. The first-order valence-electron chi connectivity index (χ1n) is 7.66. The maximum Gasteiger partial charge on any atom is 0.126 e. The Morgan fingerprint density at radius 3 is 2.71 bits per heavy atom. The first-order valence-corrected chi connectivity index (χ1v) is 7.66. The van der Waals surface area contributed by atoms with Gasteiger partial charge in [0.05, 0.1) is 18.3 Å². The molecule has 2 atom stereocenters. The molecule has 112 valence electrons. The molecule has 2 N–H and O–H groups in total. The Morgan fingerprint density at radius 2 is 2.05 bits per heavy atom. The van der Waals surface area contributed by atoms with Crippen LogP contribution in [0.25, 0.3) is 11.3 Å². The average molecular weight is 285 g/mol. The van der Waals surface area contributed by atoms with Crippen LogP contribution in [0.3, 0.4) is 0 Å². The first kappa shape index (κ1) is 14.1. The van der Waals surface area contributed by atoms with Crippen LogP contribution in [-0.4, -0.2) is 16.2 Å². The largest absolute Gasteiger partial charge is 0.494 e. The van der Waals surface area contributed by atoms with E-state index in [2.05, 4.69) is 30.5 Å². The summed E-state index contributed by atoms with van der Waals surface area (Å²) in [6.07, 6.45) is 1.01. The van der Waals surface area contributed by atoms with Gasteiger partial charge in [0.2, 0.25) is 0 Å². The summed E-state index contributed by atoms with van der Waals surface area (Å²) in [5.41, 5.74) is 9.62. The standard InChI is InChI=1S/C17H23N3O/c1-4-21-14-7-5-13(6-8-14)16-12(3)20-10-11(2)9-15(18)17(20)19-16/h5-8,11,15H,4,9-10,18H2,1-3H3. The first-order chi connectivity index (χ1) is 10.1. The topological polar surface area (TPSA) is 53.1 Å². The highest BCUT2D eigenvalue weighted by Gasteiger charge is 2.26. The zero-order chi connectivity index (χ0) is 15.0. The number of nitrogens with two attached hydrogens (primary N) is 1. The number of hydrogen-bond acceptors (Lipinski definition) is 3. The highest BCUT2D eigenvalue weighted by atomic mass is 16.5. The van der Waals surface area contributed by atoms with E-state index in [0.29, 0.717) is 12.5 Å². The minimum Gasteiger partial charge on any atom is -0.494 e. The minimum atomic E-state index is 0.0453. The van der Waals surface area contributed by atoms with Gasteiger partial charge in [0.15, 0.2) is 0 Å². The fraction of sp³-hybridized carbons (Fsp3) is 0.471. The fourth-order valence-electron chi connectivity index (χ4n) is 3.14. The van der Waals surface area contributed by atoms with Gasteiger partial charge in [-0.25, -0.2) is 4.98 Å². The molecule has 4 nitrogen and oxygen atoms in total. The van der Waals surface area contributed by atoms with Crippen molar-refractivity contribution in [3.05, 3.63) is 35.8 Å². The van der Waals surface area contributed by atoms with Crippen LogP contribution in [0.15, 0.2) is 24.3 Å². The zero-order valence-electron chi connectivity index (χ0n) is 13.0. The number of benzene rings is 1. The van der Waals surface area contributed by atoms with E-state index in [9.17, 15) is 0 Å². The molecule has 2 unspecified atom stereocenters. The van der Waals surface area contributed by atoms with Gasteiger partial charge in [0.1, 0.15) is 11.6 Å². The van der Waals surface area contributed by atoms with E-state index in [-0.39, 0.29) is 6.04 Å². The third-order valence-electron chi connectivity index (χ3n) is 4.17. The monoisotopic (exact) mass is 285 g/mol. The summed E-state index contributed by atoms with van der Waals surface area (Å²) in [6, 6.07) is 8.19. The van der Waals surface area contributed by atoms with Gasteiger partial charge in [-0.15, -0.1) is 0 Å². The van der Waals surface area contributed by atoms with E-state index in [1.807, 2.05) is 19.1 Å². The van der Waals surface area contributed by atoms with Crippen molar-refractivity contribution < 1.29 is 4.74 Å². The van der Waals surface area contributed by atoms with Crippen molar-refractivity contribution in [3.63, 3.8) is 0 Å². The second-order valence-electron chi connectivity index (χ2n) is 5.92. The quantitative estimate of drug-likeness (QED) is 0.941. The molecule has 0 saturated heterocycles. The van der Waals surface area contributed by atoms with Crippen molar-refractivity contribution in [2.24, 2.45) is 11.7 Å². The number of ether oxygens (including phenoxy) is 1. The van der Waals surface area contributed by atoms with E-state index in [1.165, 1.54) is 5.69 Å². The van der Waals surface area contributed by atoms with Crippen LogP contribution in [0, 0.1) is 12.8 Å². The lowest BCUT2D eigenvalue weighted by Gasteiger charge is -2.26. The summed E-state index contributed by atoms with van der Waals surface area (Å²) in [5, 5.41) is 0. The van der Waals surface area contributed by atoms with Gasteiger partial charge in [-0.1, -0.05) is 6.92 Å². The van der Waals surface area contributed by atoms with Crippen LogP contribution >= 0.6 is 0 Å². The zero-order valence-corrected chi connectivity index (χ0v) is 13.0. The molecule has 0 radical (unpaired) electrons. The molecule has 4 heteroatoms. The predicted molar refractivity (Wildman–Crippen MR) is 84.3 cm³/mol. The maximum absolute atomic E-state index is 6.26. The minimum absolute atomic E-state index is 0.0453. The van der Waals surface area contributed by atoms with Crippen molar-refractivity contribution in [2.75, 3.05) is 6.61 Å². The van der Waals surface area contributed by atoms with Crippen molar-refractivity contribution in [1.29, 1.82) is 0 Å². The Bertz CT molecular complexity index is 630. The molecule has 0 bridgehead atoms. The van der Waals surface area contributed by atoms with E-state index in [4.69, 9.17) is 15.5 Å². The van der Waals surface area contributed by atoms with Gasteiger partial charge in [0, 0.05) is 17.8 Å². The average Bonchev–Trinajstić information content (AvgIpc) is 2.78. The van der Waals surface area contributed by atoms with Gasteiger partial charge in [-0.2, -0.15) is 0 Å². The second kappa shape index (κ2) is 5.53. The predicted octanol–water partition coefficient (Wildman–Crippen LogP) is 3.30. The van der Waals surface area contributed by atoms with Crippen LogP contribution in [0.1, 0.15) is 37.8 Å². The van der Waals surface area contributed by atoms with Crippen LogP contribution in [-0.2, 0) is 6.54 Å². The molecule has 3 rings (SSSR count). The summed E-state index contributed by atoms with van der Waals surface area (Å²) in [4.78, 5) is 4.81. The molecular formula is C17H23N3O. The Balaban J connectivity index is 1.98. The summed E-state index contributed by atoms with van der Waals surface area (Å²) in [5.74, 6) is 2.52. The third-order valence-corrected chi connectivity index (χ3v) is 4.17. The summed E-state index contributed by atoms with van der Waals surface area (Å²) < 4.78 is 7.78. The number of fused-ring (bicyclic) bond motifs is 1.